The number of nitrogens with one attached hydrogen (secondary N) is 1. The highest BCUT2D eigenvalue weighted by molar-refractivity contribution is 8.01. The Morgan fingerprint density at radius 3 is 2.63 bits per heavy atom. The first-order valence-corrected chi connectivity index (χ1v) is 12.6. The molecule has 0 bridgehead atoms. The second kappa shape index (κ2) is 9.05. The lowest BCUT2D eigenvalue weighted by Crippen LogP contribution is -2.50. The van der Waals surface area contributed by atoms with Crippen molar-refractivity contribution in [3.8, 4) is 0 Å². The highest BCUT2D eigenvalue weighted by Crippen LogP contribution is 2.29. The van der Waals surface area contributed by atoms with Gasteiger partial charge in [0.25, 0.3) is 10.0 Å². The average Bonchev–Trinajstić information content (AvgIpc) is 3.29. The summed E-state index contributed by atoms with van der Waals surface area (Å²) < 4.78 is 28.0. The number of sulfonamides is 1. The lowest BCUT2D eigenvalue weighted by molar-refractivity contribution is -0.129. The van der Waals surface area contributed by atoms with Crippen LogP contribution in [0.15, 0.2) is 20.7 Å². The second-order valence-electron chi connectivity index (χ2n) is 5.54. The third kappa shape index (κ3) is 5.12. The van der Waals surface area contributed by atoms with Crippen molar-refractivity contribution < 1.29 is 13.2 Å². The zero-order valence-corrected chi connectivity index (χ0v) is 18.4. The van der Waals surface area contributed by atoms with E-state index >= 15 is 0 Å². The van der Waals surface area contributed by atoms with Crippen LogP contribution in [-0.4, -0.2) is 72.2 Å². The number of thioether (sulfide) groups is 1. The molecule has 2 aromatic rings. The fraction of sp³-hybridized carbons (Fsp3) is 0.500. The smallest absolute Gasteiger partial charge is 0.252 e. The molecule has 13 heteroatoms. The minimum atomic E-state index is -3.55. The molecular formula is C14H18ClN5O3S4. The molecule has 27 heavy (non-hydrogen) atoms. The minimum Gasteiger partial charge on any atom is -0.360 e. The first-order valence-electron chi connectivity index (χ1n) is 8.13. The van der Waals surface area contributed by atoms with Crippen molar-refractivity contribution in [1.82, 2.24) is 19.4 Å². The topological polar surface area (TPSA) is 95.5 Å². The van der Waals surface area contributed by atoms with E-state index in [4.69, 9.17) is 11.6 Å². The zero-order chi connectivity index (χ0) is 19.4. The molecular weight excluding hydrogens is 450 g/mol. The van der Waals surface area contributed by atoms with Gasteiger partial charge in [-0.15, -0.1) is 21.5 Å². The number of halogens is 1. The molecule has 0 spiro atoms. The number of carbonyl (C=O) groups is 1. The van der Waals surface area contributed by atoms with Crippen molar-refractivity contribution in [2.75, 3.05) is 43.8 Å². The summed E-state index contributed by atoms with van der Waals surface area (Å²) >= 11 is 9.64. The number of nitrogens with zero attached hydrogens (tertiary/aromatic N) is 4. The number of piperazine rings is 1. The van der Waals surface area contributed by atoms with Crippen LogP contribution in [-0.2, 0) is 14.8 Å². The Morgan fingerprint density at radius 2 is 2.00 bits per heavy atom. The maximum absolute atomic E-state index is 12.6. The van der Waals surface area contributed by atoms with Gasteiger partial charge in [0.2, 0.25) is 11.0 Å². The number of rotatable bonds is 7. The summed E-state index contributed by atoms with van der Waals surface area (Å²) in [5, 5.41) is 11.8. The van der Waals surface area contributed by atoms with E-state index in [2.05, 4.69) is 15.5 Å². The molecule has 1 saturated heterocycles. The monoisotopic (exact) mass is 467 g/mol. The van der Waals surface area contributed by atoms with Gasteiger partial charge in [0.1, 0.15) is 4.21 Å². The van der Waals surface area contributed by atoms with Crippen LogP contribution in [0.25, 0.3) is 0 Å². The fourth-order valence-corrected chi connectivity index (χ4v) is 7.23. The van der Waals surface area contributed by atoms with Gasteiger partial charge in [-0.25, -0.2) is 8.42 Å². The van der Waals surface area contributed by atoms with Crippen LogP contribution in [0, 0.1) is 0 Å². The van der Waals surface area contributed by atoms with Crippen molar-refractivity contribution in [2.45, 2.75) is 15.5 Å². The first kappa shape index (κ1) is 20.8. The standard InChI is InChI=1S/C14H18ClN5O3S4/c1-2-16-13-17-18-14(26-13)24-9-11(21)19-5-7-20(8-6-19)27(22,23)12-4-3-10(15)25-12/h3-4H,2,5-9H2,1H3,(H,16,17). The van der Waals surface area contributed by atoms with Crippen molar-refractivity contribution in [2.24, 2.45) is 0 Å². The lowest BCUT2D eigenvalue weighted by atomic mass is 10.3. The molecule has 1 aliphatic heterocycles. The second-order valence-corrected chi connectivity index (χ2v) is 11.6. The highest BCUT2D eigenvalue weighted by atomic mass is 35.5. The van der Waals surface area contributed by atoms with Gasteiger partial charge in [-0.05, 0) is 19.1 Å². The molecule has 0 aromatic carbocycles. The Bertz CT molecular complexity index is 892. The van der Waals surface area contributed by atoms with Gasteiger partial charge in [-0.3, -0.25) is 4.79 Å². The maximum atomic E-state index is 12.6. The van der Waals surface area contributed by atoms with E-state index in [1.807, 2.05) is 6.92 Å². The molecule has 0 aliphatic carbocycles. The van der Waals surface area contributed by atoms with E-state index in [9.17, 15) is 13.2 Å². The Morgan fingerprint density at radius 1 is 1.26 bits per heavy atom. The van der Waals surface area contributed by atoms with Crippen LogP contribution in [0.4, 0.5) is 5.13 Å². The highest BCUT2D eigenvalue weighted by Gasteiger charge is 2.31. The molecule has 1 N–H and O–H groups in total. The third-order valence-electron chi connectivity index (χ3n) is 3.79. The normalized spacial score (nSPS) is 15.9. The van der Waals surface area contributed by atoms with Crippen LogP contribution < -0.4 is 5.32 Å². The molecule has 2 aromatic heterocycles. The molecule has 3 rings (SSSR count). The minimum absolute atomic E-state index is 0.0311. The van der Waals surface area contributed by atoms with E-state index in [-0.39, 0.29) is 29.0 Å². The number of hydrogen-bond acceptors (Lipinski definition) is 9. The molecule has 0 radical (unpaired) electrons. The first-order chi connectivity index (χ1) is 12.9. The average molecular weight is 468 g/mol. The van der Waals surface area contributed by atoms with Gasteiger partial charge in [0, 0.05) is 32.7 Å². The van der Waals surface area contributed by atoms with E-state index in [1.165, 1.54) is 33.5 Å². The summed E-state index contributed by atoms with van der Waals surface area (Å²) in [5.74, 6) is 0.227. The number of anilines is 1. The molecule has 0 atom stereocenters. The number of amides is 1. The van der Waals surface area contributed by atoms with Gasteiger partial charge < -0.3 is 10.2 Å². The molecule has 8 nitrogen and oxygen atoms in total. The summed E-state index contributed by atoms with van der Waals surface area (Å²) in [5.41, 5.74) is 0. The van der Waals surface area contributed by atoms with Crippen LogP contribution in [0.2, 0.25) is 4.34 Å². The van der Waals surface area contributed by atoms with Crippen molar-refractivity contribution >= 4 is 67.1 Å². The number of aromatic nitrogens is 2. The fourth-order valence-electron chi connectivity index (χ4n) is 2.45. The summed E-state index contributed by atoms with van der Waals surface area (Å²) in [6, 6.07) is 3.09. The SMILES string of the molecule is CCNc1nnc(SCC(=O)N2CCN(S(=O)(=O)c3ccc(Cl)s3)CC2)s1. The van der Waals surface area contributed by atoms with E-state index in [0.717, 1.165) is 27.4 Å². The van der Waals surface area contributed by atoms with Gasteiger partial charge in [-0.2, -0.15) is 4.31 Å². The number of thiophene rings is 1. The number of carbonyl (C=O) groups excluding carboxylic acids is 1. The molecule has 148 valence electrons. The van der Waals surface area contributed by atoms with E-state index in [1.54, 1.807) is 11.0 Å². The lowest BCUT2D eigenvalue weighted by Gasteiger charge is -2.33. The van der Waals surface area contributed by atoms with E-state index in [0.29, 0.717) is 17.4 Å². The summed E-state index contributed by atoms with van der Waals surface area (Å²) in [7, 11) is -3.55. The van der Waals surface area contributed by atoms with Crippen LogP contribution in [0.5, 0.6) is 0 Å². The van der Waals surface area contributed by atoms with E-state index < -0.39 is 10.0 Å². The Balaban J connectivity index is 1.50. The Kier molecular flexibility index (Phi) is 6.98. The van der Waals surface area contributed by atoms with Crippen molar-refractivity contribution in [1.29, 1.82) is 0 Å². The molecule has 0 saturated carbocycles. The largest absolute Gasteiger partial charge is 0.360 e. The summed E-state index contributed by atoms with van der Waals surface area (Å²) in [4.78, 5) is 14.1. The van der Waals surface area contributed by atoms with Gasteiger partial charge in [0.05, 0.1) is 10.1 Å². The van der Waals surface area contributed by atoms with Crippen LogP contribution in [0.1, 0.15) is 6.92 Å². The summed E-state index contributed by atoms with van der Waals surface area (Å²) in [6.45, 7) is 4.04. The van der Waals surface area contributed by atoms with Crippen molar-refractivity contribution in [3.05, 3.63) is 16.5 Å². The molecule has 3 heterocycles. The molecule has 1 aliphatic rings. The maximum Gasteiger partial charge on any atom is 0.252 e. The molecule has 1 amide bonds. The number of hydrogen-bond donors (Lipinski definition) is 1. The Labute approximate surface area is 175 Å². The third-order valence-corrected chi connectivity index (χ3v) is 9.38. The van der Waals surface area contributed by atoms with Gasteiger partial charge in [-0.1, -0.05) is 34.7 Å². The summed E-state index contributed by atoms with van der Waals surface area (Å²) in [6.07, 6.45) is 0. The van der Waals surface area contributed by atoms with Gasteiger partial charge >= 0.3 is 0 Å². The van der Waals surface area contributed by atoms with Gasteiger partial charge in [0.15, 0.2) is 4.34 Å². The van der Waals surface area contributed by atoms with Crippen molar-refractivity contribution in [3.63, 3.8) is 0 Å². The molecule has 0 unspecified atom stereocenters. The predicted molar refractivity (Wildman–Crippen MR) is 109 cm³/mol. The zero-order valence-electron chi connectivity index (χ0n) is 14.4. The van der Waals surface area contributed by atoms with Crippen LogP contribution in [0.3, 0.4) is 0 Å². The molecule has 1 fully saturated rings. The predicted octanol–water partition coefficient (Wildman–Crippen LogP) is 2.31. The quantitative estimate of drug-likeness (QED) is 0.624. The van der Waals surface area contributed by atoms with Crippen LogP contribution >= 0.6 is 46.0 Å². The Hall–Kier alpha value is -0.920.